The molecule has 0 saturated carbocycles. The minimum absolute atomic E-state index is 0.0508. The fraction of sp³-hybridized carbons (Fsp3) is 0.381. The predicted octanol–water partition coefficient (Wildman–Crippen LogP) is 3.37. The number of para-hydroxylation sites is 1. The third-order valence-corrected chi connectivity index (χ3v) is 7.58. The third kappa shape index (κ3) is 3.07. The summed E-state index contributed by atoms with van der Waals surface area (Å²) in [6.45, 7) is 4.91. The van der Waals surface area contributed by atoms with E-state index in [9.17, 15) is 13.2 Å². The Morgan fingerprint density at radius 2 is 1.78 bits per heavy atom. The minimum Gasteiger partial charge on any atom is -0.305 e. The fourth-order valence-corrected chi connectivity index (χ4v) is 5.86. The molecule has 1 amide bonds. The number of sulfonamides is 1. The summed E-state index contributed by atoms with van der Waals surface area (Å²) in [7, 11) is -3.56. The van der Waals surface area contributed by atoms with E-state index >= 15 is 0 Å². The normalized spacial score (nSPS) is 20.1. The second-order valence-electron chi connectivity index (χ2n) is 7.45. The molecule has 0 aromatic heterocycles. The highest BCUT2D eigenvalue weighted by Crippen LogP contribution is 2.34. The molecule has 1 fully saturated rings. The minimum atomic E-state index is -3.56. The highest BCUT2D eigenvalue weighted by molar-refractivity contribution is 7.89. The molecule has 0 N–H and O–H groups in total. The van der Waals surface area contributed by atoms with Gasteiger partial charge in [0.05, 0.1) is 4.90 Å². The van der Waals surface area contributed by atoms with Crippen LogP contribution in [-0.4, -0.2) is 37.8 Å². The summed E-state index contributed by atoms with van der Waals surface area (Å²) in [4.78, 5) is 15.3. The maximum absolute atomic E-state index is 13.2. The molecule has 0 spiro atoms. The zero-order chi connectivity index (χ0) is 19.2. The lowest BCUT2D eigenvalue weighted by molar-refractivity contribution is 0.0981. The van der Waals surface area contributed by atoms with E-state index in [0.29, 0.717) is 24.2 Å². The number of benzene rings is 2. The number of rotatable bonds is 3. The van der Waals surface area contributed by atoms with Crippen molar-refractivity contribution in [3.05, 3.63) is 59.2 Å². The molecule has 0 unspecified atom stereocenters. The second-order valence-corrected chi connectivity index (χ2v) is 9.35. The smallest absolute Gasteiger partial charge is 0.258 e. The van der Waals surface area contributed by atoms with Crippen molar-refractivity contribution in [2.45, 2.75) is 44.0 Å². The molecule has 4 rings (SSSR count). The number of carbonyl (C=O) groups is 1. The quantitative estimate of drug-likeness (QED) is 0.815. The van der Waals surface area contributed by atoms with Crippen LogP contribution in [0.5, 0.6) is 0 Å². The zero-order valence-corrected chi connectivity index (χ0v) is 16.5. The standard InChI is InChI=1S/C21H24N2O3S/c1-15-9-10-18(14-20(15)27(25,26)22-11-5-6-12-22)21(24)23-16(2)13-17-7-3-4-8-19(17)23/h3-4,7-10,14,16H,5-6,11-13H2,1-2H3/t16-/m1/s1. The molecule has 2 aromatic carbocycles. The van der Waals surface area contributed by atoms with E-state index in [2.05, 4.69) is 0 Å². The Hall–Kier alpha value is -2.18. The van der Waals surface area contributed by atoms with Gasteiger partial charge in [-0.15, -0.1) is 0 Å². The highest BCUT2D eigenvalue weighted by Gasteiger charge is 2.33. The van der Waals surface area contributed by atoms with Gasteiger partial charge in [0, 0.05) is 30.4 Å². The Morgan fingerprint density at radius 3 is 2.52 bits per heavy atom. The molecule has 27 heavy (non-hydrogen) atoms. The summed E-state index contributed by atoms with van der Waals surface area (Å²) in [5.41, 5.74) is 3.16. The number of hydrogen-bond acceptors (Lipinski definition) is 3. The molecule has 1 atom stereocenters. The Morgan fingerprint density at radius 1 is 1.07 bits per heavy atom. The van der Waals surface area contributed by atoms with Crippen molar-refractivity contribution in [2.75, 3.05) is 18.0 Å². The van der Waals surface area contributed by atoms with Gasteiger partial charge in [-0.2, -0.15) is 4.31 Å². The lowest BCUT2D eigenvalue weighted by Crippen LogP contribution is -2.36. The fourth-order valence-electron chi connectivity index (χ4n) is 4.09. The van der Waals surface area contributed by atoms with Gasteiger partial charge in [-0.05, 0) is 62.4 Å². The summed E-state index contributed by atoms with van der Waals surface area (Å²) >= 11 is 0. The van der Waals surface area contributed by atoms with E-state index < -0.39 is 10.0 Å². The van der Waals surface area contributed by atoms with Crippen LogP contribution in [0.2, 0.25) is 0 Å². The van der Waals surface area contributed by atoms with Crippen LogP contribution in [-0.2, 0) is 16.4 Å². The number of fused-ring (bicyclic) bond motifs is 1. The summed E-state index contributed by atoms with van der Waals surface area (Å²) in [6.07, 6.45) is 2.59. The van der Waals surface area contributed by atoms with Gasteiger partial charge >= 0.3 is 0 Å². The SMILES string of the molecule is Cc1ccc(C(=O)N2c3ccccc3C[C@H]2C)cc1S(=O)(=O)N1CCCC1. The Kier molecular flexibility index (Phi) is 4.56. The topological polar surface area (TPSA) is 57.7 Å². The predicted molar refractivity (Wildman–Crippen MR) is 106 cm³/mol. The maximum Gasteiger partial charge on any atom is 0.258 e. The molecule has 0 bridgehead atoms. The van der Waals surface area contributed by atoms with Gasteiger partial charge < -0.3 is 4.90 Å². The number of amides is 1. The van der Waals surface area contributed by atoms with E-state index in [1.165, 1.54) is 4.31 Å². The van der Waals surface area contributed by atoms with Crippen LogP contribution in [0.4, 0.5) is 5.69 Å². The summed E-state index contributed by atoms with van der Waals surface area (Å²) in [5, 5.41) is 0. The monoisotopic (exact) mass is 384 g/mol. The van der Waals surface area contributed by atoms with E-state index in [-0.39, 0.29) is 16.8 Å². The van der Waals surface area contributed by atoms with E-state index in [4.69, 9.17) is 0 Å². The van der Waals surface area contributed by atoms with Gasteiger partial charge in [-0.3, -0.25) is 4.79 Å². The second kappa shape index (κ2) is 6.77. The van der Waals surface area contributed by atoms with Crippen LogP contribution in [0.3, 0.4) is 0 Å². The lowest BCUT2D eigenvalue weighted by Gasteiger charge is -2.24. The number of aryl methyl sites for hydroxylation is 1. The molecule has 0 aliphatic carbocycles. The van der Waals surface area contributed by atoms with Crippen molar-refractivity contribution >= 4 is 21.6 Å². The van der Waals surface area contributed by atoms with Crippen LogP contribution >= 0.6 is 0 Å². The van der Waals surface area contributed by atoms with E-state index in [1.807, 2.05) is 31.2 Å². The summed E-state index contributed by atoms with van der Waals surface area (Å²) in [6, 6.07) is 13.0. The molecule has 2 aliphatic heterocycles. The first-order chi connectivity index (χ1) is 12.9. The maximum atomic E-state index is 13.2. The van der Waals surface area contributed by atoms with Gasteiger partial charge in [-0.1, -0.05) is 24.3 Å². The van der Waals surface area contributed by atoms with Crippen molar-refractivity contribution in [3.8, 4) is 0 Å². The summed E-state index contributed by atoms with van der Waals surface area (Å²) in [5.74, 6) is -0.148. The van der Waals surface area contributed by atoms with Crippen molar-refractivity contribution < 1.29 is 13.2 Å². The Labute approximate surface area is 160 Å². The first-order valence-electron chi connectivity index (χ1n) is 9.42. The molecule has 142 valence electrons. The van der Waals surface area contributed by atoms with Crippen LogP contribution in [0.25, 0.3) is 0 Å². The number of anilines is 1. The molecule has 2 heterocycles. The molecule has 1 saturated heterocycles. The van der Waals surface area contributed by atoms with Gasteiger partial charge in [0.15, 0.2) is 0 Å². The van der Waals surface area contributed by atoms with Crippen LogP contribution in [0.15, 0.2) is 47.4 Å². The van der Waals surface area contributed by atoms with Crippen LogP contribution in [0, 0.1) is 6.92 Å². The number of hydrogen-bond donors (Lipinski definition) is 0. The average Bonchev–Trinajstić information content (AvgIpc) is 3.29. The van der Waals surface area contributed by atoms with Gasteiger partial charge in [-0.25, -0.2) is 8.42 Å². The molecule has 2 aromatic rings. The largest absolute Gasteiger partial charge is 0.305 e. The molecule has 6 heteroatoms. The Balaban J connectivity index is 1.72. The first-order valence-corrected chi connectivity index (χ1v) is 10.9. The van der Waals surface area contributed by atoms with Crippen molar-refractivity contribution in [1.29, 1.82) is 0 Å². The van der Waals surface area contributed by atoms with Gasteiger partial charge in [0.25, 0.3) is 5.91 Å². The van der Waals surface area contributed by atoms with E-state index in [1.54, 1.807) is 30.0 Å². The summed E-state index contributed by atoms with van der Waals surface area (Å²) < 4.78 is 27.6. The van der Waals surface area contributed by atoms with E-state index in [0.717, 1.165) is 30.5 Å². The van der Waals surface area contributed by atoms with Crippen molar-refractivity contribution in [3.63, 3.8) is 0 Å². The average molecular weight is 385 g/mol. The zero-order valence-electron chi connectivity index (χ0n) is 15.7. The molecular weight excluding hydrogens is 360 g/mol. The molecule has 0 radical (unpaired) electrons. The Bertz CT molecular complexity index is 994. The lowest BCUT2D eigenvalue weighted by atomic mass is 10.1. The van der Waals surface area contributed by atoms with Crippen LogP contribution < -0.4 is 4.90 Å². The number of nitrogens with zero attached hydrogens (tertiary/aromatic N) is 2. The molecule has 5 nitrogen and oxygen atoms in total. The highest BCUT2D eigenvalue weighted by atomic mass is 32.2. The first kappa shape index (κ1) is 18.2. The third-order valence-electron chi connectivity index (χ3n) is 5.54. The van der Waals surface area contributed by atoms with Crippen molar-refractivity contribution in [2.24, 2.45) is 0 Å². The molecular formula is C21H24N2O3S. The van der Waals surface area contributed by atoms with Gasteiger partial charge in [0.2, 0.25) is 10.0 Å². The van der Waals surface area contributed by atoms with Crippen LogP contribution in [0.1, 0.15) is 41.3 Å². The number of carbonyl (C=O) groups excluding carboxylic acids is 1. The molecule has 2 aliphatic rings. The van der Waals surface area contributed by atoms with Gasteiger partial charge in [0.1, 0.15) is 0 Å². The van der Waals surface area contributed by atoms with Crippen molar-refractivity contribution in [1.82, 2.24) is 4.31 Å².